The van der Waals surface area contributed by atoms with Crippen LogP contribution in [0.25, 0.3) is 22.3 Å². The van der Waals surface area contributed by atoms with E-state index in [-0.39, 0.29) is 29.4 Å². The standard InChI is InChI=1S/C29H25F2N3O3/c1-16(19-5-3-4-18(12-19)6-9-27(35)36)26-15-33-29(34-26)22-13-20(7-8-23(22)30)37-28-17(2)21-10-11-32-25(21)14-24(28)31/h3-5,7-8,10-16,32H,6,9H2,1-2H3,(H,33,34)(H,35,36). The number of imidazole rings is 1. The number of halogens is 2. The number of aromatic amines is 2. The molecule has 188 valence electrons. The highest BCUT2D eigenvalue weighted by Crippen LogP contribution is 2.35. The van der Waals surface area contributed by atoms with E-state index in [0.717, 1.165) is 22.2 Å². The van der Waals surface area contributed by atoms with Gasteiger partial charge in [-0.2, -0.15) is 0 Å². The van der Waals surface area contributed by atoms with Gasteiger partial charge in [0.2, 0.25) is 0 Å². The maximum atomic E-state index is 14.8. The van der Waals surface area contributed by atoms with Crippen LogP contribution in [0.1, 0.15) is 41.6 Å². The van der Waals surface area contributed by atoms with Crippen molar-refractivity contribution < 1.29 is 23.4 Å². The lowest BCUT2D eigenvalue weighted by Gasteiger charge is -2.13. The van der Waals surface area contributed by atoms with Crippen molar-refractivity contribution in [1.82, 2.24) is 15.0 Å². The zero-order valence-corrected chi connectivity index (χ0v) is 20.3. The van der Waals surface area contributed by atoms with Crippen molar-refractivity contribution in [3.63, 3.8) is 0 Å². The smallest absolute Gasteiger partial charge is 0.303 e. The van der Waals surface area contributed by atoms with E-state index in [0.29, 0.717) is 23.3 Å². The quantitative estimate of drug-likeness (QED) is 0.211. The van der Waals surface area contributed by atoms with Crippen molar-refractivity contribution in [2.45, 2.75) is 32.6 Å². The van der Waals surface area contributed by atoms with Gasteiger partial charge in [-0.3, -0.25) is 4.79 Å². The number of aliphatic carboxylic acids is 1. The number of aromatic nitrogens is 3. The zero-order valence-electron chi connectivity index (χ0n) is 20.3. The molecule has 0 amide bonds. The molecule has 0 radical (unpaired) electrons. The maximum Gasteiger partial charge on any atom is 0.303 e. The van der Waals surface area contributed by atoms with Crippen LogP contribution in [0.2, 0.25) is 0 Å². The number of nitrogens with zero attached hydrogens (tertiary/aromatic N) is 1. The van der Waals surface area contributed by atoms with Gasteiger partial charge in [0.05, 0.1) is 5.56 Å². The molecule has 2 aromatic heterocycles. The molecule has 5 aromatic rings. The highest BCUT2D eigenvalue weighted by Gasteiger charge is 2.18. The van der Waals surface area contributed by atoms with E-state index in [4.69, 9.17) is 9.84 Å². The summed E-state index contributed by atoms with van der Waals surface area (Å²) in [5.74, 6) is -1.24. The fourth-order valence-corrected chi connectivity index (χ4v) is 4.46. The molecule has 3 aromatic carbocycles. The summed E-state index contributed by atoms with van der Waals surface area (Å²) in [4.78, 5) is 21.5. The first kappa shape index (κ1) is 24.2. The van der Waals surface area contributed by atoms with Crippen LogP contribution in [0.4, 0.5) is 8.78 Å². The third kappa shape index (κ3) is 4.95. The van der Waals surface area contributed by atoms with E-state index < -0.39 is 17.6 Å². The Labute approximate surface area is 212 Å². The lowest BCUT2D eigenvalue weighted by molar-refractivity contribution is -0.136. The lowest BCUT2D eigenvalue weighted by Crippen LogP contribution is -2.00. The number of H-pyrrole nitrogens is 2. The first-order valence-corrected chi connectivity index (χ1v) is 11.9. The van der Waals surface area contributed by atoms with E-state index in [1.54, 1.807) is 19.3 Å². The predicted octanol–water partition coefficient (Wildman–Crippen LogP) is 7.11. The summed E-state index contributed by atoms with van der Waals surface area (Å²) in [6, 6.07) is 15.2. The summed E-state index contributed by atoms with van der Waals surface area (Å²) in [5.41, 5.74) is 4.21. The van der Waals surface area contributed by atoms with E-state index in [1.165, 1.54) is 24.3 Å². The molecule has 0 aliphatic heterocycles. The summed E-state index contributed by atoms with van der Waals surface area (Å²) >= 11 is 0. The van der Waals surface area contributed by atoms with Gasteiger partial charge in [0.1, 0.15) is 17.4 Å². The largest absolute Gasteiger partial charge is 0.481 e. The van der Waals surface area contributed by atoms with Crippen LogP contribution in [0.5, 0.6) is 11.5 Å². The van der Waals surface area contributed by atoms with Gasteiger partial charge in [0, 0.05) is 53.0 Å². The predicted molar refractivity (Wildman–Crippen MR) is 137 cm³/mol. The molecule has 1 unspecified atom stereocenters. The number of benzene rings is 3. The number of nitrogens with one attached hydrogen (secondary N) is 2. The summed E-state index contributed by atoms with van der Waals surface area (Å²) in [5, 5.41) is 9.80. The normalized spacial score (nSPS) is 12.1. The van der Waals surface area contributed by atoms with Crippen LogP contribution in [0.3, 0.4) is 0 Å². The van der Waals surface area contributed by atoms with Gasteiger partial charge >= 0.3 is 5.97 Å². The van der Waals surface area contributed by atoms with Crippen molar-refractivity contribution in [2.24, 2.45) is 0 Å². The molecule has 3 N–H and O–H groups in total. The molecular weight excluding hydrogens is 476 g/mol. The van der Waals surface area contributed by atoms with Crippen LogP contribution in [-0.2, 0) is 11.2 Å². The Kier molecular flexibility index (Phi) is 6.48. The Bertz CT molecular complexity index is 1610. The van der Waals surface area contributed by atoms with E-state index in [9.17, 15) is 13.6 Å². The minimum Gasteiger partial charge on any atom is -0.481 e. The molecule has 0 bridgehead atoms. The molecule has 2 heterocycles. The minimum absolute atomic E-state index is 0.0617. The van der Waals surface area contributed by atoms with Gasteiger partial charge < -0.3 is 19.8 Å². The molecule has 0 aliphatic rings. The monoisotopic (exact) mass is 501 g/mol. The highest BCUT2D eigenvalue weighted by atomic mass is 19.1. The fraction of sp³-hybridized carbons (Fsp3) is 0.172. The number of hydrogen-bond donors (Lipinski definition) is 3. The minimum atomic E-state index is -0.840. The van der Waals surface area contributed by atoms with Crippen LogP contribution in [0, 0.1) is 18.6 Å². The van der Waals surface area contributed by atoms with Crippen LogP contribution >= 0.6 is 0 Å². The molecule has 1 atom stereocenters. The van der Waals surface area contributed by atoms with Gasteiger partial charge in [-0.1, -0.05) is 31.2 Å². The van der Waals surface area contributed by atoms with E-state index in [2.05, 4.69) is 15.0 Å². The van der Waals surface area contributed by atoms with Crippen molar-refractivity contribution in [3.05, 3.63) is 101 Å². The molecule has 8 heteroatoms. The first-order valence-electron chi connectivity index (χ1n) is 11.9. The average molecular weight is 502 g/mol. The molecular formula is C29H25F2N3O3. The Morgan fingerprint density at radius 1 is 1.11 bits per heavy atom. The maximum absolute atomic E-state index is 14.8. The first-order chi connectivity index (χ1) is 17.8. The summed E-state index contributed by atoms with van der Waals surface area (Å²) < 4.78 is 35.4. The van der Waals surface area contributed by atoms with Crippen molar-refractivity contribution >= 4 is 16.9 Å². The van der Waals surface area contributed by atoms with Crippen molar-refractivity contribution in [2.75, 3.05) is 0 Å². The zero-order chi connectivity index (χ0) is 26.1. The number of carbonyl (C=O) groups is 1. The molecule has 37 heavy (non-hydrogen) atoms. The van der Waals surface area contributed by atoms with Gasteiger partial charge in [0.25, 0.3) is 0 Å². The topological polar surface area (TPSA) is 91.0 Å². The van der Waals surface area contributed by atoms with Gasteiger partial charge in [-0.15, -0.1) is 0 Å². The Hall–Kier alpha value is -4.46. The summed E-state index contributed by atoms with van der Waals surface area (Å²) in [6.45, 7) is 3.77. The second-order valence-corrected chi connectivity index (χ2v) is 9.04. The van der Waals surface area contributed by atoms with Gasteiger partial charge in [0.15, 0.2) is 11.6 Å². The van der Waals surface area contributed by atoms with E-state index >= 15 is 0 Å². The number of carboxylic acid groups (broad SMARTS) is 1. The number of carboxylic acids is 1. The average Bonchev–Trinajstić information content (AvgIpc) is 3.56. The molecule has 5 rings (SSSR count). The number of ether oxygens (including phenoxy) is 1. The van der Waals surface area contributed by atoms with Crippen LogP contribution in [-0.4, -0.2) is 26.0 Å². The molecule has 0 spiro atoms. The highest BCUT2D eigenvalue weighted by molar-refractivity contribution is 5.85. The van der Waals surface area contributed by atoms with Gasteiger partial charge in [-0.05, 0) is 48.7 Å². The van der Waals surface area contributed by atoms with Crippen molar-refractivity contribution in [1.29, 1.82) is 0 Å². The molecule has 0 fully saturated rings. The molecule has 6 nitrogen and oxygen atoms in total. The van der Waals surface area contributed by atoms with Crippen LogP contribution < -0.4 is 4.74 Å². The third-order valence-corrected chi connectivity index (χ3v) is 6.57. The second-order valence-electron chi connectivity index (χ2n) is 9.04. The molecule has 0 saturated heterocycles. The third-order valence-electron chi connectivity index (χ3n) is 6.57. The number of aryl methyl sites for hydroxylation is 2. The lowest BCUT2D eigenvalue weighted by atomic mass is 9.95. The Morgan fingerprint density at radius 3 is 2.76 bits per heavy atom. The number of rotatable bonds is 8. The van der Waals surface area contributed by atoms with E-state index in [1.807, 2.05) is 37.3 Å². The van der Waals surface area contributed by atoms with Crippen molar-refractivity contribution in [3.8, 4) is 22.9 Å². The Balaban J connectivity index is 1.40. The fourth-order valence-electron chi connectivity index (χ4n) is 4.46. The summed E-state index contributed by atoms with van der Waals surface area (Å²) in [7, 11) is 0. The Morgan fingerprint density at radius 2 is 1.95 bits per heavy atom. The molecule has 0 saturated carbocycles. The number of hydrogen-bond acceptors (Lipinski definition) is 3. The van der Waals surface area contributed by atoms with Crippen LogP contribution in [0.15, 0.2) is 67.0 Å². The van der Waals surface area contributed by atoms with Gasteiger partial charge in [-0.25, -0.2) is 13.8 Å². The second kappa shape index (κ2) is 9.89. The summed E-state index contributed by atoms with van der Waals surface area (Å²) in [6.07, 6.45) is 3.89. The SMILES string of the molecule is Cc1c(Oc2ccc(F)c(-c3ncc(C(C)c4cccc(CCC(=O)O)c4)[nH]3)c2)c(F)cc2[nH]ccc12. The molecule has 0 aliphatic carbocycles. The number of fused-ring (bicyclic) bond motifs is 1.